The smallest absolute Gasteiger partial charge is 0.252 e. The molecule has 1 amide bonds. The van der Waals surface area contributed by atoms with Gasteiger partial charge in [0.05, 0.1) is 20.3 Å². The van der Waals surface area contributed by atoms with Crippen molar-refractivity contribution in [1.82, 2.24) is 5.32 Å². The van der Waals surface area contributed by atoms with Crippen molar-refractivity contribution < 1.29 is 14.3 Å². The van der Waals surface area contributed by atoms with E-state index in [1.165, 1.54) is 0 Å². The summed E-state index contributed by atoms with van der Waals surface area (Å²) in [4.78, 5) is 12.6. The zero-order chi connectivity index (χ0) is 17.9. The lowest BCUT2D eigenvalue weighted by molar-refractivity contribution is 0.0939. The third-order valence-corrected chi connectivity index (χ3v) is 4.44. The topological polar surface area (TPSA) is 47.6 Å². The van der Waals surface area contributed by atoms with Gasteiger partial charge < -0.3 is 14.8 Å². The van der Waals surface area contributed by atoms with Crippen LogP contribution < -0.4 is 14.8 Å². The van der Waals surface area contributed by atoms with Crippen molar-refractivity contribution in [3.8, 4) is 11.5 Å². The minimum atomic E-state index is -0.141. The summed E-state index contributed by atoms with van der Waals surface area (Å²) in [6.07, 6.45) is 0. The molecule has 2 rings (SSSR count). The first-order valence-electron chi connectivity index (χ1n) is 7.98. The molecule has 128 valence electrons. The average Bonchev–Trinajstić information content (AvgIpc) is 2.56. The van der Waals surface area contributed by atoms with E-state index in [4.69, 9.17) is 9.47 Å². The van der Waals surface area contributed by atoms with Crippen LogP contribution in [0.2, 0.25) is 0 Å². The molecule has 0 spiro atoms. The number of benzene rings is 2. The van der Waals surface area contributed by atoms with Crippen LogP contribution in [0.3, 0.4) is 0 Å². The molecule has 0 bridgehead atoms. The maximum absolute atomic E-state index is 12.6. The predicted molar refractivity (Wildman–Crippen MR) is 96.1 cm³/mol. The minimum Gasteiger partial charge on any atom is -0.493 e. The first kappa shape index (κ1) is 17.9. The lowest BCUT2D eigenvalue weighted by atomic mass is 9.99. The Bertz CT molecular complexity index is 753. The van der Waals surface area contributed by atoms with Crippen molar-refractivity contribution >= 4 is 5.91 Å². The molecule has 0 aromatic heterocycles. The maximum Gasteiger partial charge on any atom is 0.252 e. The molecule has 4 nitrogen and oxygen atoms in total. The number of hydrogen-bond acceptors (Lipinski definition) is 3. The molecular weight excluding hydrogens is 302 g/mol. The summed E-state index contributed by atoms with van der Waals surface area (Å²) in [5.74, 6) is 1.27. The van der Waals surface area contributed by atoms with Crippen LogP contribution in [0.5, 0.6) is 11.5 Å². The highest BCUT2D eigenvalue weighted by Crippen LogP contribution is 2.33. The summed E-state index contributed by atoms with van der Waals surface area (Å²) in [6.45, 7) is 7.94. The lowest BCUT2D eigenvalue weighted by Gasteiger charge is -2.20. The van der Waals surface area contributed by atoms with Gasteiger partial charge in [0.25, 0.3) is 5.91 Å². The van der Waals surface area contributed by atoms with Crippen LogP contribution in [0.1, 0.15) is 45.6 Å². The second-order valence-electron chi connectivity index (χ2n) is 6.01. The van der Waals surface area contributed by atoms with Crippen LogP contribution in [0.25, 0.3) is 0 Å². The Hall–Kier alpha value is -2.49. The van der Waals surface area contributed by atoms with E-state index in [0.717, 1.165) is 22.3 Å². The zero-order valence-corrected chi connectivity index (χ0v) is 15.2. The summed E-state index contributed by atoms with van der Waals surface area (Å²) in [7, 11) is 3.22. The number of carbonyl (C=O) groups excluding carboxylic acids is 1. The van der Waals surface area contributed by atoms with E-state index >= 15 is 0 Å². The number of ether oxygens (including phenoxy) is 2. The number of rotatable bonds is 5. The second kappa shape index (κ2) is 7.39. The fourth-order valence-corrected chi connectivity index (χ4v) is 2.81. The van der Waals surface area contributed by atoms with Gasteiger partial charge in [0.15, 0.2) is 11.5 Å². The first-order chi connectivity index (χ1) is 11.4. The minimum absolute atomic E-state index is 0.0714. The van der Waals surface area contributed by atoms with Gasteiger partial charge >= 0.3 is 0 Å². The number of aryl methyl sites for hydroxylation is 2. The molecule has 0 heterocycles. The molecule has 1 atom stereocenters. The van der Waals surface area contributed by atoms with Crippen LogP contribution in [0.4, 0.5) is 0 Å². The van der Waals surface area contributed by atoms with Crippen LogP contribution in [-0.4, -0.2) is 20.1 Å². The van der Waals surface area contributed by atoms with Gasteiger partial charge in [-0.25, -0.2) is 0 Å². The highest BCUT2D eigenvalue weighted by molar-refractivity contribution is 5.96. The van der Waals surface area contributed by atoms with E-state index in [1.54, 1.807) is 14.2 Å². The Balaban J connectivity index is 2.28. The molecule has 0 fully saturated rings. The highest BCUT2D eigenvalue weighted by atomic mass is 16.5. The van der Waals surface area contributed by atoms with Crippen molar-refractivity contribution in [1.29, 1.82) is 0 Å². The second-order valence-corrected chi connectivity index (χ2v) is 6.01. The van der Waals surface area contributed by atoms with Crippen molar-refractivity contribution in [3.63, 3.8) is 0 Å². The predicted octanol–water partition coefficient (Wildman–Crippen LogP) is 4.12. The monoisotopic (exact) mass is 327 g/mol. The molecule has 1 N–H and O–H groups in total. The van der Waals surface area contributed by atoms with Crippen molar-refractivity contribution in [2.45, 2.75) is 33.7 Å². The van der Waals surface area contributed by atoms with Crippen LogP contribution in [0.15, 0.2) is 30.3 Å². The van der Waals surface area contributed by atoms with Crippen LogP contribution in [-0.2, 0) is 0 Å². The normalized spacial score (nSPS) is 11.8. The fourth-order valence-electron chi connectivity index (χ4n) is 2.81. The third kappa shape index (κ3) is 3.53. The van der Waals surface area contributed by atoms with Crippen LogP contribution >= 0.6 is 0 Å². The molecule has 0 saturated heterocycles. The summed E-state index contributed by atoms with van der Waals surface area (Å²) in [5.41, 5.74) is 4.87. The molecule has 1 unspecified atom stereocenters. The molecule has 0 saturated carbocycles. The molecule has 24 heavy (non-hydrogen) atoms. The van der Waals surface area contributed by atoms with Gasteiger partial charge in [0.2, 0.25) is 0 Å². The summed E-state index contributed by atoms with van der Waals surface area (Å²) in [5, 5.41) is 3.07. The highest BCUT2D eigenvalue weighted by Gasteiger charge is 2.17. The van der Waals surface area contributed by atoms with Crippen molar-refractivity contribution in [3.05, 3.63) is 58.1 Å². The Morgan fingerprint density at radius 2 is 1.62 bits per heavy atom. The largest absolute Gasteiger partial charge is 0.493 e. The van der Waals surface area contributed by atoms with E-state index < -0.39 is 0 Å². The van der Waals surface area contributed by atoms with Gasteiger partial charge in [-0.1, -0.05) is 12.1 Å². The van der Waals surface area contributed by atoms with E-state index in [2.05, 4.69) is 5.32 Å². The number of carbonyl (C=O) groups is 1. The summed E-state index contributed by atoms with van der Waals surface area (Å²) < 4.78 is 10.7. The van der Waals surface area contributed by atoms with E-state index in [1.807, 2.05) is 58.0 Å². The molecule has 4 heteroatoms. The molecule has 2 aromatic carbocycles. The number of methoxy groups -OCH3 is 2. The Labute approximate surface area is 143 Å². The number of nitrogens with one attached hydrogen (secondary N) is 1. The van der Waals surface area contributed by atoms with Gasteiger partial charge in [-0.05, 0) is 68.1 Å². The lowest BCUT2D eigenvalue weighted by Crippen LogP contribution is -2.28. The van der Waals surface area contributed by atoms with Gasteiger partial charge in [-0.3, -0.25) is 4.79 Å². The molecular formula is C20H25NO3. The Morgan fingerprint density at radius 3 is 2.25 bits per heavy atom. The van der Waals surface area contributed by atoms with E-state index in [0.29, 0.717) is 17.1 Å². The SMILES string of the molecule is COc1cc(C)c(C(C)NC(=O)c2cccc(C)c2C)cc1OC. The average molecular weight is 327 g/mol. The Kier molecular flexibility index (Phi) is 5.50. The molecule has 2 aromatic rings. The van der Waals surface area contributed by atoms with Crippen molar-refractivity contribution in [2.24, 2.45) is 0 Å². The van der Waals surface area contributed by atoms with Gasteiger partial charge in [0, 0.05) is 5.56 Å². The standard InChI is InChI=1S/C20H25NO3/c1-12-8-7-9-16(14(12)3)20(22)21-15(4)17-11-19(24-6)18(23-5)10-13(17)2/h7-11,15H,1-6H3,(H,21,22). The van der Waals surface area contributed by atoms with Gasteiger partial charge in [0.1, 0.15) is 0 Å². The van der Waals surface area contributed by atoms with E-state index in [-0.39, 0.29) is 11.9 Å². The van der Waals surface area contributed by atoms with E-state index in [9.17, 15) is 4.79 Å². The molecule has 0 aliphatic heterocycles. The Morgan fingerprint density at radius 1 is 1.00 bits per heavy atom. The van der Waals surface area contributed by atoms with Crippen molar-refractivity contribution in [2.75, 3.05) is 14.2 Å². The van der Waals surface area contributed by atoms with Gasteiger partial charge in [-0.15, -0.1) is 0 Å². The zero-order valence-electron chi connectivity index (χ0n) is 15.2. The first-order valence-corrected chi connectivity index (χ1v) is 7.98. The summed E-state index contributed by atoms with van der Waals surface area (Å²) >= 11 is 0. The quantitative estimate of drug-likeness (QED) is 0.898. The maximum atomic E-state index is 12.6. The fraction of sp³-hybridized carbons (Fsp3) is 0.350. The van der Waals surface area contributed by atoms with Crippen LogP contribution in [0, 0.1) is 20.8 Å². The number of amides is 1. The summed E-state index contributed by atoms with van der Waals surface area (Å²) in [6, 6.07) is 9.47. The van der Waals surface area contributed by atoms with Gasteiger partial charge in [-0.2, -0.15) is 0 Å². The molecule has 0 radical (unpaired) electrons. The molecule has 0 aliphatic carbocycles. The number of hydrogen-bond donors (Lipinski definition) is 1. The molecule has 0 aliphatic rings. The third-order valence-electron chi connectivity index (χ3n) is 4.44.